The summed E-state index contributed by atoms with van der Waals surface area (Å²) in [5.74, 6) is 1.20. The molecule has 35 heavy (non-hydrogen) atoms. The maximum absolute atomic E-state index is 13.1. The smallest absolute Gasteiger partial charge is 0.319 e. The number of unbranched alkanes of at least 4 members (excludes halogenated alkanes) is 2. The molecule has 2 aliphatic heterocycles. The lowest BCUT2D eigenvalue weighted by Crippen LogP contribution is -2.49. The Hall–Kier alpha value is -2.22. The van der Waals surface area contributed by atoms with Gasteiger partial charge in [-0.15, -0.1) is 11.3 Å². The Kier molecular flexibility index (Phi) is 8.63. The maximum atomic E-state index is 13.1. The van der Waals surface area contributed by atoms with E-state index in [2.05, 4.69) is 35.6 Å². The number of benzene rings is 1. The summed E-state index contributed by atoms with van der Waals surface area (Å²) in [6.45, 7) is 5.65. The molecule has 1 fully saturated rings. The fourth-order valence-corrected chi connectivity index (χ4v) is 6.14. The molecular weight excluding hydrogens is 480 g/mol. The second-order valence-corrected chi connectivity index (χ2v) is 11.3. The average molecular weight is 515 g/mol. The van der Waals surface area contributed by atoms with E-state index < -0.39 is 0 Å². The van der Waals surface area contributed by atoms with Gasteiger partial charge in [-0.05, 0) is 93.8 Å². The van der Waals surface area contributed by atoms with Crippen LogP contribution in [0.5, 0.6) is 0 Å². The number of hydrogen-bond acceptors (Lipinski definition) is 6. The Morgan fingerprint density at radius 2 is 2.03 bits per heavy atom. The molecule has 1 atom stereocenters. The van der Waals surface area contributed by atoms with Crippen molar-refractivity contribution in [2.75, 3.05) is 20.1 Å². The normalized spacial score (nSPS) is 17.7. The molecule has 1 amide bonds. The first-order valence-corrected chi connectivity index (χ1v) is 13.7. The SMILES string of the molecule is CC(=O)CCCCC[C@H](NC(=O)C1CCN(C)CC1)C1=[N+]C=C(c2sc3ccc(Cl)cc3c2C)N1. The number of Topliss-reactive ketones (excluding diaryl/α,β-unsaturated/α-hetero) is 1. The first-order valence-electron chi connectivity index (χ1n) is 12.5. The predicted octanol–water partition coefficient (Wildman–Crippen LogP) is 4.87. The van der Waals surface area contributed by atoms with Crippen molar-refractivity contribution < 1.29 is 9.59 Å². The van der Waals surface area contributed by atoms with E-state index in [0.29, 0.717) is 6.42 Å². The lowest BCUT2D eigenvalue weighted by atomic mass is 9.95. The van der Waals surface area contributed by atoms with Crippen LogP contribution in [-0.4, -0.2) is 48.6 Å². The number of hydrogen-bond donors (Lipinski definition) is 2. The molecule has 0 unspecified atom stereocenters. The molecule has 4 rings (SSSR count). The van der Waals surface area contributed by atoms with Crippen molar-refractivity contribution in [1.82, 2.24) is 20.5 Å². The van der Waals surface area contributed by atoms with E-state index in [-0.39, 0.29) is 23.7 Å². The predicted molar refractivity (Wildman–Crippen MR) is 146 cm³/mol. The minimum absolute atomic E-state index is 0.0513. The van der Waals surface area contributed by atoms with Gasteiger partial charge in [0.05, 0.1) is 4.88 Å². The van der Waals surface area contributed by atoms with Crippen LogP contribution >= 0.6 is 22.9 Å². The number of rotatable bonds is 10. The average Bonchev–Trinajstić information content (AvgIpc) is 3.43. The summed E-state index contributed by atoms with van der Waals surface area (Å²) in [6.07, 6.45) is 7.85. The van der Waals surface area contributed by atoms with Crippen LogP contribution in [-0.2, 0) is 9.59 Å². The van der Waals surface area contributed by atoms with Gasteiger partial charge in [0.2, 0.25) is 5.91 Å². The molecule has 0 spiro atoms. The number of carbonyl (C=O) groups excluding carboxylic acids is 2. The number of aryl methyl sites for hydroxylation is 1. The van der Waals surface area contributed by atoms with Crippen molar-refractivity contribution in [3.05, 3.63) is 39.9 Å². The summed E-state index contributed by atoms with van der Waals surface area (Å²) >= 11 is 7.94. The molecule has 0 saturated carbocycles. The van der Waals surface area contributed by atoms with Crippen LogP contribution in [0.2, 0.25) is 5.02 Å². The number of likely N-dealkylation sites (tertiary alicyclic amines) is 1. The van der Waals surface area contributed by atoms with Gasteiger partial charge in [0, 0.05) is 22.1 Å². The molecule has 187 valence electrons. The lowest BCUT2D eigenvalue weighted by molar-refractivity contribution is -0.126. The lowest BCUT2D eigenvalue weighted by Gasteiger charge is -2.29. The summed E-state index contributed by atoms with van der Waals surface area (Å²) in [5.41, 5.74) is 2.14. The minimum Gasteiger partial charge on any atom is -0.342 e. The van der Waals surface area contributed by atoms with E-state index in [0.717, 1.165) is 78.4 Å². The zero-order valence-electron chi connectivity index (χ0n) is 20.8. The van der Waals surface area contributed by atoms with Gasteiger partial charge >= 0.3 is 5.84 Å². The fourth-order valence-electron chi connectivity index (χ4n) is 4.82. The van der Waals surface area contributed by atoms with Gasteiger partial charge in [-0.2, -0.15) is 0 Å². The number of ketones is 1. The standard InChI is InChI=1S/C27H35ClN4O2S/c1-17(33)7-5-4-6-8-22(31-27(34)19-11-13-32(3)14-12-19)26-29-16-23(30-26)25-18(2)21-15-20(28)9-10-24(21)35-25/h9-10,15-16,19,22,30H,4-8,11-14H2,1-3H3,(H,31,34)/q+1/t22-/m0/s1. The van der Waals surface area contributed by atoms with Gasteiger partial charge in [-0.1, -0.05) is 24.4 Å². The highest BCUT2D eigenvalue weighted by atomic mass is 35.5. The summed E-state index contributed by atoms with van der Waals surface area (Å²) in [6, 6.07) is 5.82. The number of fused-ring (bicyclic) bond motifs is 1. The van der Waals surface area contributed by atoms with Crippen LogP contribution in [0.25, 0.3) is 15.8 Å². The number of nitrogens with one attached hydrogen (secondary N) is 2. The van der Waals surface area contributed by atoms with Crippen molar-refractivity contribution >= 4 is 56.2 Å². The third-order valence-electron chi connectivity index (χ3n) is 7.00. The Balaban J connectivity index is 1.43. The van der Waals surface area contributed by atoms with Crippen LogP contribution in [0.3, 0.4) is 0 Å². The Morgan fingerprint density at radius 3 is 2.77 bits per heavy atom. The topological polar surface area (TPSA) is 75.5 Å². The summed E-state index contributed by atoms with van der Waals surface area (Å²) < 4.78 is 1.19. The highest BCUT2D eigenvalue weighted by Crippen LogP contribution is 2.36. The molecule has 2 aromatic rings. The van der Waals surface area contributed by atoms with Crippen molar-refractivity contribution in [3.63, 3.8) is 0 Å². The second-order valence-electron chi connectivity index (χ2n) is 9.82. The van der Waals surface area contributed by atoms with Gasteiger partial charge in [-0.3, -0.25) is 4.79 Å². The third kappa shape index (κ3) is 6.51. The highest BCUT2D eigenvalue weighted by molar-refractivity contribution is 7.20. The zero-order chi connectivity index (χ0) is 24.9. The highest BCUT2D eigenvalue weighted by Gasteiger charge is 2.34. The summed E-state index contributed by atoms with van der Waals surface area (Å²) in [7, 11) is 2.10. The minimum atomic E-state index is -0.169. The first-order chi connectivity index (χ1) is 16.8. The molecule has 6 nitrogen and oxygen atoms in total. The maximum Gasteiger partial charge on any atom is 0.319 e. The van der Waals surface area contributed by atoms with Crippen LogP contribution in [0, 0.1) is 12.8 Å². The van der Waals surface area contributed by atoms with Crippen LogP contribution < -0.4 is 15.6 Å². The van der Waals surface area contributed by atoms with Gasteiger partial charge in [0.1, 0.15) is 11.8 Å². The van der Waals surface area contributed by atoms with Crippen LogP contribution in [0.4, 0.5) is 0 Å². The van der Waals surface area contributed by atoms with Crippen molar-refractivity contribution in [1.29, 1.82) is 0 Å². The molecule has 1 aromatic carbocycles. The molecule has 1 aromatic heterocycles. The van der Waals surface area contributed by atoms with Gasteiger partial charge in [0.15, 0.2) is 11.9 Å². The molecule has 1 radical (unpaired) electrons. The Morgan fingerprint density at radius 1 is 1.26 bits per heavy atom. The fraction of sp³-hybridized carbons (Fsp3) is 0.519. The molecule has 0 aliphatic carbocycles. The second kappa shape index (κ2) is 11.7. The van der Waals surface area contributed by atoms with E-state index in [1.54, 1.807) is 18.3 Å². The quantitative estimate of drug-likeness (QED) is 0.444. The number of carbonyl (C=O) groups is 2. The largest absolute Gasteiger partial charge is 0.342 e. The van der Waals surface area contributed by atoms with Crippen LogP contribution in [0.15, 0.2) is 24.4 Å². The van der Waals surface area contributed by atoms with E-state index >= 15 is 0 Å². The van der Waals surface area contributed by atoms with E-state index in [4.69, 9.17) is 16.6 Å². The van der Waals surface area contributed by atoms with E-state index in [1.165, 1.54) is 10.3 Å². The molecule has 2 aliphatic rings. The molecule has 0 bridgehead atoms. The number of halogens is 1. The van der Waals surface area contributed by atoms with Gasteiger partial charge in [0.25, 0.3) is 0 Å². The number of piperidine rings is 1. The Bertz CT molecular complexity index is 1150. The molecule has 3 heterocycles. The third-order valence-corrected chi connectivity index (χ3v) is 8.54. The zero-order valence-corrected chi connectivity index (χ0v) is 22.4. The first kappa shape index (κ1) is 25.9. The number of thiophene rings is 1. The molecule has 1 saturated heterocycles. The number of aliphatic imine (C=N–C) groups is 1. The van der Waals surface area contributed by atoms with Crippen LogP contribution in [0.1, 0.15) is 62.3 Å². The monoisotopic (exact) mass is 514 g/mol. The van der Waals surface area contributed by atoms with Crippen molar-refractivity contribution in [3.8, 4) is 0 Å². The van der Waals surface area contributed by atoms with Gasteiger partial charge in [-0.25, -0.2) is 5.32 Å². The van der Waals surface area contributed by atoms with Crippen molar-refractivity contribution in [2.45, 2.75) is 64.8 Å². The molecular formula is C27H35ClN4O2S+. The molecule has 2 N–H and O–H groups in total. The van der Waals surface area contributed by atoms with E-state index in [9.17, 15) is 9.59 Å². The number of amidine groups is 1. The number of amides is 1. The summed E-state index contributed by atoms with van der Waals surface area (Å²) in [4.78, 5) is 32.5. The summed E-state index contributed by atoms with van der Waals surface area (Å²) in [5, 5.41) is 8.70. The number of nitrogens with zero attached hydrogens (tertiary/aromatic N) is 2. The van der Waals surface area contributed by atoms with Crippen molar-refractivity contribution in [2.24, 2.45) is 5.92 Å². The Labute approximate surface area is 216 Å². The molecule has 8 heteroatoms. The van der Waals surface area contributed by atoms with Gasteiger partial charge < -0.3 is 15.0 Å². The van der Waals surface area contributed by atoms with E-state index in [1.807, 2.05) is 18.3 Å².